The van der Waals surface area contributed by atoms with Gasteiger partial charge in [-0.1, -0.05) is 13.0 Å². The number of alkyl halides is 1. The zero-order valence-corrected chi connectivity index (χ0v) is 10.7. The minimum atomic E-state index is -0.446. The van der Waals surface area contributed by atoms with Gasteiger partial charge in [0.05, 0.1) is 18.6 Å². The van der Waals surface area contributed by atoms with Crippen LogP contribution in [0.25, 0.3) is 0 Å². The highest BCUT2D eigenvalue weighted by Gasteiger charge is 2.33. The molecule has 0 spiro atoms. The van der Waals surface area contributed by atoms with Crippen LogP contribution in [0.5, 0.6) is 5.75 Å². The second-order valence-electron chi connectivity index (χ2n) is 4.39. The number of halogens is 2. The summed E-state index contributed by atoms with van der Waals surface area (Å²) < 4.78 is 24.4. The summed E-state index contributed by atoms with van der Waals surface area (Å²) in [6.07, 6.45) is 0.866. The molecule has 0 aliphatic carbocycles. The minimum Gasteiger partial charge on any atom is -0.497 e. The number of hydrogen-bond acceptors (Lipinski definition) is 2. The Kier molecular flexibility index (Phi) is 3.89. The smallest absolute Gasteiger partial charge is 0.131 e. The molecule has 0 radical (unpaired) electrons. The van der Waals surface area contributed by atoms with Crippen LogP contribution < -0.4 is 4.74 Å². The molecule has 0 aromatic heterocycles. The molecule has 1 aromatic carbocycles. The van der Waals surface area contributed by atoms with Gasteiger partial charge in [0, 0.05) is 18.2 Å². The SMILES string of the molecule is COc1ccc(C(Cl)C2OCCC2C)c(F)c1. The van der Waals surface area contributed by atoms with Crippen molar-refractivity contribution < 1.29 is 13.9 Å². The third-order valence-corrected chi connectivity index (χ3v) is 3.72. The summed E-state index contributed by atoms with van der Waals surface area (Å²) in [6.45, 7) is 2.78. The molecule has 0 bridgehead atoms. The summed E-state index contributed by atoms with van der Waals surface area (Å²) in [7, 11) is 1.51. The maximum atomic E-state index is 13.8. The van der Waals surface area contributed by atoms with Crippen LogP contribution in [0.4, 0.5) is 4.39 Å². The lowest BCUT2D eigenvalue weighted by molar-refractivity contribution is 0.0895. The molecule has 17 heavy (non-hydrogen) atoms. The summed E-state index contributed by atoms with van der Waals surface area (Å²) in [4.78, 5) is 0. The van der Waals surface area contributed by atoms with Gasteiger partial charge in [-0.15, -0.1) is 11.6 Å². The van der Waals surface area contributed by atoms with Gasteiger partial charge >= 0.3 is 0 Å². The lowest BCUT2D eigenvalue weighted by Gasteiger charge is -2.21. The lowest BCUT2D eigenvalue weighted by Crippen LogP contribution is -2.20. The van der Waals surface area contributed by atoms with E-state index in [1.165, 1.54) is 13.2 Å². The Morgan fingerprint density at radius 3 is 2.82 bits per heavy atom. The topological polar surface area (TPSA) is 18.5 Å². The van der Waals surface area contributed by atoms with Crippen LogP contribution in [-0.2, 0) is 4.74 Å². The first-order chi connectivity index (χ1) is 8.13. The van der Waals surface area contributed by atoms with E-state index in [2.05, 4.69) is 6.92 Å². The molecule has 4 heteroatoms. The fourth-order valence-corrected chi connectivity index (χ4v) is 2.62. The highest BCUT2D eigenvalue weighted by atomic mass is 35.5. The number of benzene rings is 1. The van der Waals surface area contributed by atoms with E-state index in [0.29, 0.717) is 23.8 Å². The van der Waals surface area contributed by atoms with E-state index in [-0.39, 0.29) is 11.9 Å². The predicted molar refractivity (Wildman–Crippen MR) is 65.1 cm³/mol. The monoisotopic (exact) mass is 258 g/mol. The third kappa shape index (κ3) is 2.55. The van der Waals surface area contributed by atoms with Crippen molar-refractivity contribution in [3.8, 4) is 5.75 Å². The maximum Gasteiger partial charge on any atom is 0.131 e. The van der Waals surface area contributed by atoms with Gasteiger partial charge in [0.2, 0.25) is 0 Å². The summed E-state index contributed by atoms with van der Waals surface area (Å²) >= 11 is 6.30. The van der Waals surface area contributed by atoms with Crippen LogP contribution in [0, 0.1) is 11.7 Å². The van der Waals surface area contributed by atoms with E-state index >= 15 is 0 Å². The Morgan fingerprint density at radius 2 is 2.29 bits per heavy atom. The molecule has 1 aliphatic rings. The Labute approximate surface area is 106 Å². The van der Waals surface area contributed by atoms with Gasteiger partial charge < -0.3 is 9.47 Å². The number of hydrogen-bond donors (Lipinski definition) is 0. The predicted octanol–water partition coefficient (Wildman–Crippen LogP) is 3.54. The number of ether oxygens (including phenoxy) is 2. The Morgan fingerprint density at radius 1 is 1.53 bits per heavy atom. The molecular formula is C13H16ClFO2. The number of rotatable bonds is 3. The van der Waals surface area contributed by atoms with Crippen LogP contribution >= 0.6 is 11.6 Å². The maximum absolute atomic E-state index is 13.8. The highest BCUT2D eigenvalue weighted by molar-refractivity contribution is 6.21. The first-order valence-corrected chi connectivity index (χ1v) is 6.16. The van der Waals surface area contributed by atoms with Crippen LogP contribution in [0.1, 0.15) is 24.3 Å². The van der Waals surface area contributed by atoms with Gasteiger partial charge in [-0.2, -0.15) is 0 Å². The van der Waals surface area contributed by atoms with Gasteiger partial charge in [-0.25, -0.2) is 4.39 Å². The fraction of sp³-hybridized carbons (Fsp3) is 0.538. The Bertz CT molecular complexity index is 397. The second kappa shape index (κ2) is 5.23. The molecule has 0 N–H and O–H groups in total. The molecule has 1 saturated heterocycles. The second-order valence-corrected chi connectivity index (χ2v) is 4.86. The van der Waals surface area contributed by atoms with Gasteiger partial charge in [0.25, 0.3) is 0 Å². The largest absolute Gasteiger partial charge is 0.497 e. The molecule has 1 aromatic rings. The van der Waals surface area contributed by atoms with Crippen LogP contribution in [-0.4, -0.2) is 19.8 Å². The summed E-state index contributed by atoms with van der Waals surface area (Å²) in [5.41, 5.74) is 0.478. The standard InChI is InChI=1S/C13H16ClFO2/c1-8-5-6-17-13(8)12(14)10-4-3-9(16-2)7-11(10)15/h3-4,7-8,12-13H,5-6H2,1-2H3. The summed E-state index contributed by atoms with van der Waals surface area (Å²) in [6, 6.07) is 4.73. The first kappa shape index (κ1) is 12.7. The zero-order chi connectivity index (χ0) is 12.4. The minimum absolute atomic E-state index is 0.112. The molecule has 3 unspecified atom stereocenters. The number of methoxy groups -OCH3 is 1. The molecule has 1 aliphatic heterocycles. The van der Waals surface area contributed by atoms with Crippen molar-refractivity contribution in [1.82, 2.24) is 0 Å². The van der Waals surface area contributed by atoms with E-state index < -0.39 is 5.38 Å². The molecule has 0 saturated carbocycles. The highest BCUT2D eigenvalue weighted by Crippen LogP contribution is 2.37. The molecule has 2 nitrogen and oxygen atoms in total. The van der Waals surface area contributed by atoms with E-state index in [4.69, 9.17) is 21.1 Å². The molecule has 1 fully saturated rings. The van der Waals surface area contributed by atoms with E-state index in [9.17, 15) is 4.39 Å². The summed E-state index contributed by atoms with van der Waals surface area (Å²) in [5, 5.41) is -0.446. The van der Waals surface area contributed by atoms with Gasteiger partial charge in [-0.05, 0) is 18.4 Å². The average molecular weight is 259 g/mol. The van der Waals surface area contributed by atoms with Crippen molar-refractivity contribution in [2.24, 2.45) is 5.92 Å². The van der Waals surface area contributed by atoms with Gasteiger partial charge in [0.15, 0.2) is 0 Å². The van der Waals surface area contributed by atoms with Crippen molar-refractivity contribution in [3.63, 3.8) is 0 Å². The Hall–Kier alpha value is -0.800. The molecule has 0 amide bonds. The molecule has 3 atom stereocenters. The van der Waals surface area contributed by atoms with Crippen LogP contribution in [0.15, 0.2) is 18.2 Å². The zero-order valence-electron chi connectivity index (χ0n) is 9.95. The quantitative estimate of drug-likeness (QED) is 0.772. The van der Waals surface area contributed by atoms with Gasteiger partial charge in [0.1, 0.15) is 11.6 Å². The van der Waals surface area contributed by atoms with Crippen LogP contribution in [0.3, 0.4) is 0 Å². The fourth-order valence-electron chi connectivity index (χ4n) is 2.13. The van der Waals surface area contributed by atoms with E-state index in [1.54, 1.807) is 12.1 Å². The van der Waals surface area contributed by atoms with Crippen LogP contribution in [0.2, 0.25) is 0 Å². The summed E-state index contributed by atoms with van der Waals surface area (Å²) in [5.74, 6) is 0.515. The van der Waals surface area contributed by atoms with Gasteiger partial charge in [-0.3, -0.25) is 0 Å². The van der Waals surface area contributed by atoms with Crippen molar-refractivity contribution in [2.45, 2.75) is 24.8 Å². The third-order valence-electron chi connectivity index (χ3n) is 3.24. The van der Waals surface area contributed by atoms with E-state index in [0.717, 1.165) is 6.42 Å². The van der Waals surface area contributed by atoms with Crippen molar-refractivity contribution >= 4 is 11.6 Å². The lowest BCUT2D eigenvalue weighted by atomic mass is 9.96. The van der Waals surface area contributed by atoms with Crippen molar-refractivity contribution in [1.29, 1.82) is 0 Å². The molecular weight excluding hydrogens is 243 g/mol. The first-order valence-electron chi connectivity index (χ1n) is 5.72. The average Bonchev–Trinajstić information content (AvgIpc) is 2.74. The Balaban J connectivity index is 2.21. The van der Waals surface area contributed by atoms with Crippen molar-refractivity contribution in [2.75, 3.05) is 13.7 Å². The molecule has 94 valence electrons. The molecule has 1 heterocycles. The van der Waals surface area contributed by atoms with Crippen molar-refractivity contribution in [3.05, 3.63) is 29.6 Å². The van der Waals surface area contributed by atoms with E-state index in [1.807, 2.05) is 0 Å². The molecule has 2 rings (SSSR count). The normalized spacial score (nSPS) is 25.9.